The van der Waals surface area contributed by atoms with Crippen LogP contribution >= 0.6 is 11.3 Å². The molecule has 1 aliphatic rings. The van der Waals surface area contributed by atoms with Crippen LogP contribution in [-0.4, -0.2) is 29.8 Å². The number of hydrogen-bond donors (Lipinski definition) is 1. The van der Waals surface area contributed by atoms with Crippen molar-refractivity contribution in [1.82, 2.24) is 29.8 Å². The monoisotopic (exact) mass is 310 g/mol. The third-order valence-corrected chi connectivity index (χ3v) is 4.97. The first-order chi connectivity index (χ1) is 10.9. The van der Waals surface area contributed by atoms with Crippen molar-refractivity contribution in [1.29, 1.82) is 0 Å². The van der Waals surface area contributed by atoms with Crippen molar-refractivity contribution in [2.24, 2.45) is 0 Å². The van der Waals surface area contributed by atoms with Crippen molar-refractivity contribution >= 4 is 27.3 Å². The Morgan fingerprint density at radius 2 is 2.09 bits per heavy atom. The number of aromatic nitrogens is 6. The standard InChI is InChI=1S/C15H14N6S/c1-2-4-11-10(3-1)16-12(17-11)7-8-13-20-21-14(9-5-6-9)18-19-15(21)22-13/h1-4,9H,5-8H2,(H,16,17). The van der Waals surface area contributed by atoms with Gasteiger partial charge < -0.3 is 4.98 Å². The molecule has 7 heteroatoms. The fourth-order valence-electron chi connectivity index (χ4n) is 2.72. The van der Waals surface area contributed by atoms with Crippen LogP contribution in [0.15, 0.2) is 24.3 Å². The number of benzene rings is 1. The molecular formula is C15H14N6S. The molecule has 1 aromatic carbocycles. The van der Waals surface area contributed by atoms with Crippen LogP contribution in [0.2, 0.25) is 0 Å². The summed E-state index contributed by atoms with van der Waals surface area (Å²) in [4.78, 5) is 8.88. The van der Waals surface area contributed by atoms with Crippen molar-refractivity contribution < 1.29 is 0 Å². The zero-order valence-corrected chi connectivity index (χ0v) is 12.7. The molecule has 0 radical (unpaired) electrons. The molecule has 1 fully saturated rings. The van der Waals surface area contributed by atoms with Gasteiger partial charge in [0.25, 0.3) is 0 Å². The second-order valence-electron chi connectivity index (χ2n) is 5.72. The Hall–Kier alpha value is -2.28. The number of nitrogens with zero attached hydrogens (tertiary/aromatic N) is 5. The van der Waals surface area contributed by atoms with Gasteiger partial charge in [-0.3, -0.25) is 0 Å². The number of hydrogen-bond acceptors (Lipinski definition) is 5. The summed E-state index contributed by atoms with van der Waals surface area (Å²) >= 11 is 1.63. The van der Waals surface area contributed by atoms with Crippen LogP contribution in [0, 0.1) is 0 Å². The highest BCUT2D eigenvalue weighted by atomic mass is 32.1. The van der Waals surface area contributed by atoms with E-state index >= 15 is 0 Å². The summed E-state index contributed by atoms with van der Waals surface area (Å²) in [5.74, 6) is 2.61. The average molecular weight is 310 g/mol. The molecule has 0 bridgehead atoms. The van der Waals surface area contributed by atoms with Crippen molar-refractivity contribution in [3.8, 4) is 0 Å². The van der Waals surface area contributed by atoms with E-state index in [1.165, 1.54) is 12.8 Å². The molecule has 3 aromatic heterocycles. The Morgan fingerprint density at radius 1 is 1.18 bits per heavy atom. The van der Waals surface area contributed by atoms with Gasteiger partial charge in [0.2, 0.25) is 4.96 Å². The number of fused-ring (bicyclic) bond motifs is 2. The average Bonchev–Trinajstić information content (AvgIpc) is 2.99. The summed E-state index contributed by atoms with van der Waals surface area (Å²) in [6.07, 6.45) is 4.16. The molecule has 22 heavy (non-hydrogen) atoms. The first kappa shape index (κ1) is 12.3. The summed E-state index contributed by atoms with van der Waals surface area (Å²) in [5.41, 5.74) is 2.11. The topological polar surface area (TPSA) is 71.8 Å². The van der Waals surface area contributed by atoms with E-state index in [0.717, 1.165) is 45.5 Å². The Bertz CT molecular complexity index is 928. The third kappa shape index (κ3) is 2.00. The lowest BCUT2D eigenvalue weighted by atomic mass is 10.3. The number of imidazole rings is 1. The molecule has 1 aliphatic carbocycles. The van der Waals surface area contributed by atoms with Gasteiger partial charge >= 0.3 is 0 Å². The Balaban J connectivity index is 1.39. The number of aromatic amines is 1. The number of aryl methyl sites for hydroxylation is 2. The molecule has 1 N–H and O–H groups in total. The van der Waals surface area contributed by atoms with E-state index in [2.05, 4.69) is 31.3 Å². The fourth-order valence-corrected chi connectivity index (χ4v) is 3.56. The van der Waals surface area contributed by atoms with E-state index in [-0.39, 0.29) is 0 Å². The second-order valence-corrected chi connectivity index (χ2v) is 6.76. The van der Waals surface area contributed by atoms with Crippen LogP contribution in [-0.2, 0) is 12.8 Å². The number of H-pyrrole nitrogens is 1. The smallest absolute Gasteiger partial charge is 0.234 e. The molecule has 110 valence electrons. The third-order valence-electron chi connectivity index (χ3n) is 4.01. The molecule has 1 saturated carbocycles. The van der Waals surface area contributed by atoms with Gasteiger partial charge in [0.1, 0.15) is 10.8 Å². The van der Waals surface area contributed by atoms with Gasteiger partial charge in [0, 0.05) is 18.8 Å². The molecule has 5 rings (SSSR count). The molecule has 0 atom stereocenters. The molecule has 0 amide bonds. The molecular weight excluding hydrogens is 296 g/mol. The van der Waals surface area contributed by atoms with E-state index in [4.69, 9.17) is 0 Å². The molecule has 6 nitrogen and oxygen atoms in total. The molecule has 0 saturated heterocycles. The van der Waals surface area contributed by atoms with Crippen molar-refractivity contribution in [3.05, 3.63) is 40.9 Å². The predicted octanol–water partition coefficient (Wildman–Crippen LogP) is 2.72. The summed E-state index contributed by atoms with van der Waals surface area (Å²) in [5, 5.41) is 14.2. The highest BCUT2D eigenvalue weighted by molar-refractivity contribution is 7.16. The maximum atomic E-state index is 4.67. The number of nitrogens with one attached hydrogen (secondary N) is 1. The second kappa shape index (κ2) is 4.61. The van der Waals surface area contributed by atoms with Crippen LogP contribution in [0.5, 0.6) is 0 Å². The van der Waals surface area contributed by atoms with Crippen LogP contribution in [0.1, 0.15) is 35.4 Å². The molecule has 3 heterocycles. The van der Waals surface area contributed by atoms with E-state index in [0.29, 0.717) is 5.92 Å². The van der Waals surface area contributed by atoms with Crippen LogP contribution in [0.25, 0.3) is 16.0 Å². The Kier molecular flexibility index (Phi) is 2.57. The van der Waals surface area contributed by atoms with E-state index in [1.807, 2.05) is 22.7 Å². The van der Waals surface area contributed by atoms with Gasteiger partial charge in [-0.1, -0.05) is 23.5 Å². The van der Waals surface area contributed by atoms with Gasteiger partial charge in [0.15, 0.2) is 5.82 Å². The van der Waals surface area contributed by atoms with Gasteiger partial charge in [0.05, 0.1) is 11.0 Å². The van der Waals surface area contributed by atoms with Gasteiger partial charge in [-0.2, -0.15) is 9.61 Å². The first-order valence-corrected chi connectivity index (χ1v) is 8.33. The SMILES string of the molecule is c1ccc2[nH]c(CCc3nn4c(C5CC5)nnc4s3)nc2c1. The zero-order chi connectivity index (χ0) is 14.5. The first-order valence-electron chi connectivity index (χ1n) is 7.51. The Labute approximate surface area is 130 Å². The van der Waals surface area contributed by atoms with Crippen LogP contribution in [0.4, 0.5) is 0 Å². The fraction of sp³-hybridized carbons (Fsp3) is 0.333. The number of rotatable bonds is 4. The lowest BCUT2D eigenvalue weighted by Gasteiger charge is -1.93. The van der Waals surface area contributed by atoms with Crippen LogP contribution < -0.4 is 0 Å². The quantitative estimate of drug-likeness (QED) is 0.629. The lowest BCUT2D eigenvalue weighted by Crippen LogP contribution is -1.97. The summed E-state index contributed by atoms with van der Waals surface area (Å²) in [7, 11) is 0. The maximum Gasteiger partial charge on any atom is 0.234 e. The minimum Gasteiger partial charge on any atom is -0.342 e. The molecule has 0 unspecified atom stereocenters. The molecule has 0 aliphatic heterocycles. The largest absolute Gasteiger partial charge is 0.342 e. The van der Waals surface area contributed by atoms with E-state index in [9.17, 15) is 0 Å². The van der Waals surface area contributed by atoms with Crippen molar-refractivity contribution in [2.75, 3.05) is 0 Å². The Morgan fingerprint density at radius 3 is 2.95 bits per heavy atom. The predicted molar refractivity (Wildman–Crippen MR) is 84.1 cm³/mol. The summed E-state index contributed by atoms with van der Waals surface area (Å²) in [6.45, 7) is 0. The van der Waals surface area contributed by atoms with E-state index < -0.39 is 0 Å². The normalized spacial score (nSPS) is 15.1. The summed E-state index contributed by atoms with van der Waals surface area (Å²) in [6, 6.07) is 8.11. The van der Waals surface area contributed by atoms with E-state index in [1.54, 1.807) is 11.3 Å². The van der Waals surface area contributed by atoms with Crippen molar-refractivity contribution in [3.63, 3.8) is 0 Å². The summed E-state index contributed by atoms with van der Waals surface area (Å²) < 4.78 is 1.93. The van der Waals surface area contributed by atoms with Gasteiger partial charge in [-0.05, 0) is 25.0 Å². The maximum absolute atomic E-state index is 4.67. The minimum absolute atomic E-state index is 0.570. The molecule has 4 aromatic rings. The molecule has 0 spiro atoms. The zero-order valence-electron chi connectivity index (χ0n) is 11.9. The van der Waals surface area contributed by atoms with Gasteiger partial charge in [-0.25, -0.2) is 4.98 Å². The highest BCUT2D eigenvalue weighted by Crippen LogP contribution is 2.39. The lowest BCUT2D eigenvalue weighted by molar-refractivity contribution is 0.786. The van der Waals surface area contributed by atoms with Crippen molar-refractivity contribution in [2.45, 2.75) is 31.6 Å². The highest BCUT2D eigenvalue weighted by Gasteiger charge is 2.29. The van der Waals surface area contributed by atoms with Gasteiger partial charge in [-0.15, -0.1) is 10.2 Å². The van der Waals surface area contributed by atoms with Crippen LogP contribution in [0.3, 0.4) is 0 Å². The number of para-hydroxylation sites is 2. The minimum atomic E-state index is 0.570.